The second kappa shape index (κ2) is 9.30. The summed E-state index contributed by atoms with van der Waals surface area (Å²) >= 11 is 0. The number of pyridine rings is 2. The van der Waals surface area contributed by atoms with Gasteiger partial charge in [-0.25, -0.2) is 0 Å². The molecule has 32 heavy (non-hydrogen) atoms. The third-order valence-electron chi connectivity index (χ3n) is 5.61. The Kier molecular flexibility index (Phi) is 6.30. The molecule has 0 atom stereocenters. The zero-order valence-electron chi connectivity index (χ0n) is 19.0. The molecule has 2 aromatic heterocycles. The van der Waals surface area contributed by atoms with Crippen molar-refractivity contribution in [2.75, 3.05) is 20.8 Å². The standard InChI is InChI=1S/C26H28N2O4/c1-5-7-23-20-14-25(31-4)24(30-3)13-19(20)21(26(29)28-23)11-16-10-17-12-18(32-6-2)8-9-22(17)27-15-16/h8-10,12-15H,5-7,11H2,1-4H3,(H,28,29). The highest BCUT2D eigenvalue weighted by molar-refractivity contribution is 5.91. The lowest BCUT2D eigenvalue weighted by atomic mass is 9.97. The molecule has 2 heterocycles. The van der Waals surface area contributed by atoms with Crippen LogP contribution in [-0.4, -0.2) is 30.8 Å². The minimum atomic E-state index is -0.0867. The number of aromatic amines is 1. The van der Waals surface area contributed by atoms with Crippen molar-refractivity contribution in [3.8, 4) is 17.2 Å². The summed E-state index contributed by atoms with van der Waals surface area (Å²) in [5, 5.41) is 2.83. The average Bonchev–Trinajstić information content (AvgIpc) is 2.80. The van der Waals surface area contributed by atoms with E-state index in [2.05, 4.69) is 23.0 Å². The Labute approximate surface area is 187 Å². The van der Waals surface area contributed by atoms with Gasteiger partial charge in [0, 0.05) is 34.6 Å². The summed E-state index contributed by atoms with van der Waals surface area (Å²) in [6.45, 7) is 4.66. The number of H-pyrrole nitrogens is 1. The van der Waals surface area contributed by atoms with E-state index in [9.17, 15) is 4.79 Å². The Balaban J connectivity index is 1.85. The molecule has 4 rings (SSSR count). The van der Waals surface area contributed by atoms with Crippen LogP contribution in [0.15, 0.2) is 47.4 Å². The van der Waals surface area contributed by atoms with Crippen LogP contribution in [0, 0.1) is 0 Å². The summed E-state index contributed by atoms with van der Waals surface area (Å²) in [4.78, 5) is 20.8. The lowest BCUT2D eigenvalue weighted by Gasteiger charge is -2.15. The van der Waals surface area contributed by atoms with Crippen molar-refractivity contribution in [1.29, 1.82) is 0 Å². The number of rotatable bonds is 8. The first-order chi connectivity index (χ1) is 15.6. The van der Waals surface area contributed by atoms with Crippen molar-refractivity contribution in [1.82, 2.24) is 9.97 Å². The Morgan fingerprint density at radius 2 is 1.72 bits per heavy atom. The van der Waals surface area contributed by atoms with Gasteiger partial charge >= 0.3 is 0 Å². The number of aromatic nitrogens is 2. The molecule has 166 valence electrons. The smallest absolute Gasteiger partial charge is 0.252 e. The first-order valence-corrected chi connectivity index (χ1v) is 10.9. The SMILES string of the molecule is CCCc1[nH]c(=O)c(Cc2cnc3ccc(OCC)cc3c2)c2cc(OC)c(OC)cc12. The van der Waals surface area contributed by atoms with E-state index >= 15 is 0 Å². The number of aryl methyl sites for hydroxylation is 1. The van der Waals surface area contributed by atoms with Crippen molar-refractivity contribution in [2.24, 2.45) is 0 Å². The molecule has 0 amide bonds. The molecule has 0 saturated carbocycles. The molecule has 1 N–H and O–H groups in total. The van der Waals surface area contributed by atoms with Crippen molar-refractivity contribution in [2.45, 2.75) is 33.1 Å². The van der Waals surface area contributed by atoms with Gasteiger partial charge in [0.2, 0.25) is 0 Å². The van der Waals surface area contributed by atoms with E-state index in [1.165, 1.54) is 0 Å². The van der Waals surface area contributed by atoms with Crippen molar-refractivity contribution in [3.63, 3.8) is 0 Å². The largest absolute Gasteiger partial charge is 0.494 e. The summed E-state index contributed by atoms with van der Waals surface area (Å²) in [5.41, 5.74) is 3.35. The number of benzene rings is 2. The van der Waals surface area contributed by atoms with Crippen LogP contribution in [0.5, 0.6) is 17.2 Å². The van der Waals surface area contributed by atoms with E-state index in [0.29, 0.717) is 30.1 Å². The number of fused-ring (bicyclic) bond motifs is 2. The van der Waals surface area contributed by atoms with E-state index in [1.807, 2.05) is 43.5 Å². The summed E-state index contributed by atoms with van der Waals surface area (Å²) in [5.74, 6) is 2.06. The summed E-state index contributed by atoms with van der Waals surface area (Å²) in [6.07, 6.45) is 3.99. The molecule has 0 unspecified atom stereocenters. The monoisotopic (exact) mass is 432 g/mol. The van der Waals surface area contributed by atoms with Gasteiger partial charge in [0.05, 0.1) is 26.3 Å². The van der Waals surface area contributed by atoms with Crippen LogP contribution < -0.4 is 19.8 Å². The Hall–Kier alpha value is -3.54. The molecule has 0 aliphatic rings. The van der Waals surface area contributed by atoms with Crippen LogP contribution in [0.4, 0.5) is 0 Å². The van der Waals surface area contributed by atoms with E-state index in [-0.39, 0.29) is 5.56 Å². The normalized spacial score (nSPS) is 11.1. The molecule has 0 bridgehead atoms. The number of nitrogens with zero attached hydrogens (tertiary/aromatic N) is 1. The third kappa shape index (κ3) is 4.13. The highest BCUT2D eigenvalue weighted by Crippen LogP contribution is 2.35. The lowest BCUT2D eigenvalue weighted by Crippen LogP contribution is -2.16. The first-order valence-electron chi connectivity index (χ1n) is 10.9. The molecule has 0 fully saturated rings. The van der Waals surface area contributed by atoms with Gasteiger partial charge in [0.15, 0.2) is 11.5 Å². The Bertz CT molecular complexity index is 1330. The molecule has 6 nitrogen and oxygen atoms in total. The Morgan fingerprint density at radius 1 is 0.969 bits per heavy atom. The second-order valence-electron chi connectivity index (χ2n) is 7.72. The fourth-order valence-electron chi connectivity index (χ4n) is 4.12. The second-order valence-corrected chi connectivity index (χ2v) is 7.72. The van der Waals surface area contributed by atoms with Gasteiger partial charge in [-0.2, -0.15) is 0 Å². The maximum absolute atomic E-state index is 13.1. The van der Waals surface area contributed by atoms with Crippen LogP contribution in [0.3, 0.4) is 0 Å². The fraction of sp³-hybridized carbons (Fsp3) is 0.308. The number of hydrogen-bond donors (Lipinski definition) is 1. The van der Waals surface area contributed by atoms with Crippen molar-refractivity contribution in [3.05, 3.63) is 69.8 Å². The molecule has 2 aromatic carbocycles. The fourth-order valence-corrected chi connectivity index (χ4v) is 4.12. The van der Waals surface area contributed by atoms with Crippen molar-refractivity contribution >= 4 is 21.7 Å². The molecular formula is C26H28N2O4. The Morgan fingerprint density at radius 3 is 2.41 bits per heavy atom. The van der Waals surface area contributed by atoms with E-state index in [4.69, 9.17) is 14.2 Å². The van der Waals surface area contributed by atoms with Gasteiger partial charge in [0.25, 0.3) is 5.56 Å². The molecule has 4 aromatic rings. The van der Waals surface area contributed by atoms with E-state index in [0.717, 1.165) is 51.5 Å². The van der Waals surface area contributed by atoms with Crippen LogP contribution in [0.1, 0.15) is 37.1 Å². The predicted molar refractivity (Wildman–Crippen MR) is 127 cm³/mol. The third-order valence-corrected chi connectivity index (χ3v) is 5.61. The molecular weight excluding hydrogens is 404 g/mol. The first kappa shape index (κ1) is 21.7. The zero-order chi connectivity index (χ0) is 22.7. The van der Waals surface area contributed by atoms with E-state index < -0.39 is 0 Å². The van der Waals surface area contributed by atoms with Gasteiger partial charge < -0.3 is 19.2 Å². The maximum Gasteiger partial charge on any atom is 0.252 e. The number of methoxy groups -OCH3 is 2. The molecule has 0 spiro atoms. The molecule has 0 aliphatic carbocycles. The summed E-state index contributed by atoms with van der Waals surface area (Å²) < 4.78 is 16.6. The molecule has 0 radical (unpaired) electrons. The number of ether oxygens (including phenoxy) is 3. The van der Waals surface area contributed by atoms with Crippen LogP contribution in [-0.2, 0) is 12.8 Å². The van der Waals surface area contributed by atoms with Gasteiger partial charge in [-0.1, -0.05) is 13.3 Å². The highest BCUT2D eigenvalue weighted by atomic mass is 16.5. The van der Waals surface area contributed by atoms with Gasteiger partial charge in [-0.15, -0.1) is 0 Å². The average molecular weight is 433 g/mol. The van der Waals surface area contributed by atoms with Crippen molar-refractivity contribution < 1.29 is 14.2 Å². The number of hydrogen-bond acceptors (Lipinski definition) is 5. The minimum Gasteiger partial charge on any atom is -0.494 e. The quantitative estimate of drug-likeness (QED) is 0.422. The van der Waals surface area contributed by atoms with Crippen LogP contribution in [0.2, 0.25) is 0 Å². The lowest BCUT2D eigenvalue weighted by molar-refractivity contribution is 0.340. The molecule has 6 heteroatoms. The topological polar surface area (TPSA) is 73.4 Å². The maximum atomic E-state index is 13.1. The highest BCUT2D eigenvalue weighted by Gasteiger charge is 2.16. The van der Waals surface area contributed by atoms with Crippen LogP contribution in [0.25, 0.3) is 21.7 Å². The van der Waals surface area contributed by atoms with E-state index in [1.54, 1.807) is 14.2 Å². The zero-order valence-corrected chi connectivity index (χ0v) is 19.0. The van der Waals surface area contributed by atoms with Gasteiger partial charge in [0.1, 0.15) is 5.75 Å². The number of nitrogens with one attached hydrogen (secondary N) is 1. The van der Waals surface area contributed by atoms with Crippen LogP contribution >= 0.6 is 0 Å². The summed E-state index contributed by atoms with van der Waals surface area (Å²) in [6, 6.07) is 11.8. The van der Waals surface area contributed by atoms with Gasteiger partial charge in [-0.05, 0) is 60.7 Å². The van der Waals surface area contributed by atoms with Gasteiger partial charge in [-0.3, -0.25) is 9.78 Å². The predicted octanol–water partition coefficient (Wildman–Crippen LogP) is 5.04. The molecule has 0 aliphatic heterocycles. The minimum absolute atomic E-state index is 0.0867. The molecule has 0 saturated heterocycles. The summed E-state index contributed by atoms with van der Waals surface area (Å²) in [7, 11) is 3.22.